The first-order valence-electron chi connectivity index (χ1n) is 6.49. The first-order chi connectivity index (χ1) is 10.3. The van der Waals surface area contributed by atoms with Crippen LogP contribution < -0.4 is 5.73 Å². The fourth-order valence-corrected chi connectivity index (χ4v) is 3.35. The van der Waals surface area contributed by atoms with Gasteiger partial charge in [-0.1, -0.05) is 48.0 Å². The van der Waals surface area contributed by atoms with Gasteiger partial charge in [0, 0.05) is 5.56 Å². The summed E-state index contributed by atoms with van der Waals surface area (Å²) in [5.74, 6) is -1.24. The summed E-state index contributed by atoms with van der Waals surface area (Å²) in [5, 5.41) is 17.8. The molecule has 114 valence electrons. The highest BCUT2D eigenvalue weighted by molar-refractivity contribution is 7.96. The second-order valence-corrected chi connectivity index (χ2v) is 6.66. The van der Waals surface area contributed by atoms with E-state index in [1.807, 2.05) is 6.92 Å². The second-order valence-electron chi connectivity index (χ2n) is 4.77. The standard InChI is InChI=1S/C16H16N2O3S/c1-11-7-9-13(10-8-11)22(20,21)15(16(17)18)14(19)12-5-3-2-4-6-12/h2-10,19H,1H3,(H3,17,18). The van der Waals surface area contributed by atoms with E-state index in [1.54, 1.807) is 42.5 Å². The van der Waals surface area contributed by atoms with Crippen LogP contribution in [0.1, 0.15) is 11.1 Å². The first-order valence-corrected chi connectivity index (χ1v) is 7.97. The van der Waals surface area contributed by atoms with Crippen LogP contribution in [0.25, 0.3) is 5.76 Å². The summed E-state index contributed by atoms with van der Waals surface area (Å²) in [5.41, 5.74) is 6.60. The second kappa shape index (κ2) is 6.03. The van der Waals surface area contributed by atoms with Crippen molar-refractivity contribution < 1.29 is 13.5 Å². The third-order valence-corrected chi connectivity index (χ3v) is 4.95. The van der Waals surface area contributed by atoms with Crippen LogP contribution in [0.5, 0.6) is 0 Å². The molecule has 4 N–H and O–H groups in total. The molecule has 0 aliphatic rings. The van der Waals surface area contributed by atoms with E-state index < -0.39 is 26.3 Å². The van der Waals surface area contributed by atoms with E-state index in [0.29, 0.717) is 0 Å². The van der Waals surface area contributed by atoms with Gasteiger partial charge in [-0.2, -0.15) is 0 Å². The molecule has 2 aromatic carbocycles. The number of sulfone groups is 1. The molecule has 0 aliphatic heterocycles. The molecular weight excluding hydrogens is 300 g/mol. The molecule has 0 bridgehead atoms. The molecule has 0 saturated heterocycles. The molecule has 0 saturated carbocycles. The molecule has 0 fully saturated rings. The van der Waals surface area contributed by atoms with Crippen molar-refractivity contribution in [1.82, 2.24) is 0 Å². The fourth-order valence-electron chi connectivity index (χ4n) is 1.96. The quantitative estimate of drug-likeness (QED) is 0.458. The Hall–Kier alpha value is -2.60. The molecule has 2 rings (SSSR count). The van der Waals surface area contributed by atoms with Crippen LogP contribution in [0.15, 0.2) is 64.4 Å². The van der Waals surface area contributed by atoms with Crippen molar-refractivity contribution in [3.8, 4) is 0 Å². The molecule has 0 spiro atoms. The van der Waals surface area contributed by atoms with Gasteiger partial charge in [0.1, 0.15) is 11.6 Å². The lowest BCUT2D eigenvalue weighted by molar-refractivity contribution is 0.510. The summed E-state index contributed by atoms with van der Waals surface area (Å²) >= 11 is 0. The lowest BCUT2D eigenvalue weighted by atomic mass is 10.2. The smallest absolute Gasteiger partial charge is 0.213 e. The van der Waals surface area contributed by atoms with Crippen molar-refractivity contribution in [2.45, 2.75) is 11.8 Å². The van der Waals surface area contributed by atoms with Crippen molar-refractivity contribution >= 4 is 21.4 Å². The number of nitrogens with one attached hydrogen (secondary N) is 1. The Labute approximate surface area is 129 Å². The van der Waals surface area contributed by atoms with Gasteiger partial charge in [0.15, 0.2) is 4.91 Å². The van der Waals surface area contributed by atoms with Crippen LogP contribution in [-0.2, 0) is 9.84 Å². The fraction of sp³-hybridized carbons (Fsp3) is 0.0625. The Kier molecular flexibility index (Phi) is 4.32. The molecule has 0 heterocycles. The summed E-state index contributed by atoms with van der Waals surface area (Å²) < 4.78 is 25.3. The minimum absolute atomic E-state index is 0.0224. The number of aliphatic hydroxyl groups is 1. The number of benzene rings is 2. The van der Waals surface area contributed by atoms with Gasteiger partial charge in [-0.25, -0.2) is 8.42 Å². The predicted molar refractivity (Wildman–Crippen MR) is 86.3 cm³/mol. The number of hydrogen-bond donors (Lipinski definition) is 3. The van der Waals surface area contributed by atoms with Gasteiger partial charge >= 0.3 is 0 Å². The lowest BCUT2D eigenvalue weighted by Crippen LogP contribution is -2.22. The molecule has 22 heavy (non-hydrogen) atoms. The Bertz CT molecular complexity index is 823. The van der Waals surface area contributed by atoms with Crippen molar-refractivity contribution in [2.24, 2.45) is 5.73 Å². The van der Waals surface area contributed by atoms with Gasteiger partial charge in [-0.3, -0.25) is 5.41 Å². The van der Waals surface area contributed by atoms with Gasteiger partial charge < -0.3 is 10.8 Å². The van der Waals surface area contributed by atoms with Crippen LogP contribution in [-0.4, -0.2) is 19.4 Å². The molecule has 2 aromatic rings. The topological polar surface area (TPSA) is 104 Å². The average molecular weight is 316 g/mol. The van der Waals surface area contributed by atoms with Crippen molar-refractivity contribution in [1.29, 1.82) is 5.41 Å². The number of aliphatic hydroxyl groups excluding tert-OH is 1. The van der Waals surface area contributed by atoms with Crippen LogP contribution in [0, 0.1) is 12.3 Å². The van der Waals surface area contributed by atoms with E-state index in [9.17, 15) is 13.5 Å². The maximum absolute atomic E-state index is 12.7. The lowest BCUT2D eigenvalue weighted by Gasteiger charge is -2.11. The van der Waals surface area contributed by atoms with Gasteiger partial charge in [0.2, 0.25) is 9.84 Å². The van der Waals surface area contributed by atoms with E-state index in [4.69, 9.17) is 11.1 Å². The number of hydrogen-bond acceptors (Lipinski definition) is 4. The Balaban J connectivity index is 2.67. The Morgan fingerprint density at radius 2 is 1.59 bits per heavy atom. The molecule has 6 heteroatoms. The summed E-state index contributed by atoms with van der Waals surface area (Å²) in [6.07, 6.45) is 0. The highest BCUT2D eigenvalue weighted by Crippen LogP contribution is 2.26. The largest absolute Gasteiger partial charge is 0.506 e. The van der Waals surface area contributed by atoms with E-state index in [0.717, 1.165) is 5.56 Å². The van der Waals surface area contributed by atoms with Crippen LogP contribution >= 0.6 is 0 Å². The van der Waals surface area contributed by atoms with Crippen LogP contribution in [0.2, 0.25) is 0 Å². The zero-order valence-electron chi connectivity index (χ0n) is 11.9. The number of nitrogens with two attached hydrogens (primary N) is 1. The zero-order chi connectivity index (χ0) is 16.3. The average Bonchev–Trinajstić information content (AvgIpc) is 2.48. The zero-order valence-corrected chi connectivity index (χ0v) is 12.8. The molecule has 0 amide bonds. The summed E-state index contributed by atoms with van der Waals surface area (Å²) in [7, 11) is -4.08. The molecule has 0 unspecified atom stereocenters. The molecule has 0 aromatic heterocycles. The minimum Gasteiger partial charge on any atom is -0.506 e. The van der Waals surface area contributed by atoms with Gasteiger partial charge in [0.25, 0.3) is 0 Å². The highest BCUT2D eigenvalue weighted by atomic mass is 32.2. The van der Waals surface area contributed by atoms with Crippen LogP contribution in [0.3, 0.4) is 0 Å². The monoisotopic (exact) mass is 316 g/mol. The molecule has 5 nitrogen and oxygen atoms in total. The molecular formula is C16H16N2O3S. The SMILES string of the molecule is Cc1ccc(S(=O)(=O)C(C(=N)N)=C(O)c2ccccc2)cc1. The van der Waals surface area contributed by atoms with Crippen molar-refractivity contribution in [3.63, 3.8) is 0 Å². The van der Waals surface area contributed by atoms with Crippen molar-refractivity contribution in [3.05, 3.63) is 70.6 Å². The summed E-state index contributed by atoms with van der Waals surface area (Å²) in [6, 6.07) is 14.3. The van der Waals surface area contributed by atoms with Crippen molar-refractivity contribution in [2.75, 3.05) is 0 Å². The third-order valence-electron chi connectivity index (χ3n) is 3.11. The highest BCUT2D eigenvalue weighted by Gasteiger charge is 2.28. The first kappa shape index (κ1) is 15.8. The number of aryl methyl sites for hydroxylation is 1. The molecule has 0 aliphatic carbocycles. The maximum atomic E-state index is 12.7. The van der Waals surface area contributed by atoms with Gasteiger partial charge in [0.05, 0.1) is 4.90 Å². The summed E-state index contributed by atoms with van der Waals surface area (Å²) in [4.78, 5) is -0.617. The Morgan fingerprint density at radius 1 is 1.05 bits per heavy atom. The third kappa shape index (κ3) is 3.01. The van der Waals surface area contributed by atoms with E-state index >= 15 is 0 Å². The Morgan fingerprint density at radius 3 is 2.09 bits per heavy atom. The number of amidine groups is 1. The predicted octanol–water partition coefficient (Wildman–Crippen LogP) is 2.63. The van der Waals surface area contributed by atoms with Gasteiger partial charge in [-0.05, 0) is 19.1 Å². The normalized spacial score (nSPS) is 12.6. The maximum Gasteiger partial charge on any atom is 0.213 e. The van der Waals surface area contributed by atoms with E-state index in [1.165, 1.54) is 12.1 Å². The minimum atomic E-state index is -4.08. The molecule has 0 radical (unpaired) electrons. The van der Waals surface area contributed by atoms with Gasteiger partial charge in [-0.15, -0.1) is 0 Å². The van der Waals surface area contributed by atoms with Crippen LogP contribution in [0.4, 0.5) is 0 Å². The van der Waals surface area contributed by atoms with E-state index in [-0.39, 0.29) is 10.5 Å². The molecule has 0 atom stereocenters. The number of rotatable bonds is 4. The summed E-state index contributed by atoms with van der Waals surface area (Å²) in [6.45, 7) is 1.83. The van der Waals surface area contributed by atoms with E-state index in [2.05, 4.69) is 0 Å².